The Hall–Kier alpha value is -0.350. The topological polar surface area (TPSA) is 46.2 Å². The monoisotopic (exact) mass is 225 g/mol. The Bertz CT molecular complexity index is 263. The highest BCUT2D eigenvalue weighted by Crippen LogP contribution is 2.24. The van der Waals surface area contributed by atoms with E-state index in [2.05, 4.69) is 0 Å². The highest BCUT2D eigenvalue weighted by Gasteiger charge is 2.14. The van der Waals surface area contributed by atoms with Gasteiger partial charge in [0.1, 0.15) is 5.82 Å². The van der Waals surface area contributed by atoms with Crippen molar-refractivity contribution in [2.45, 2.75) is 6.10 Å². The third-order valence-electron chi connectivity index (χ3n) is 1.56. The van der Waals surface area contributed by atoms with Gasteiger partial charge in [0, 0.05) is 17.1 Å². The molecule has 0 aliphatic rings. The Balaban J connectivity index is 0.00000144. The number of rotatable bonds is 2. The van der Waals surface area contributed by atoms with Crippen molar-refractivity contribution in [1.82, 2.24) is 0 Å². The minimum atomic E-state index is -1.03. The van der Waals surface area contributed by atoms with E-state index in [-0.39, 0.29) is 29.5 Å². The summed E-state index contributed by atoms with van der Waals surface area (Å²) in [6.45, 7) is -0.0410. The smallest absolute Gasteiger partial charge is 0.130 e. The first-order valence-electron chi connectivity index (χ1n) is 3.49. The van der Waals surface area contributed by atoms with Crippen LogP contribution >= 0.6 is 24.0 Å². The van der Waals surface area contributed by atoms with Crippen molar-refractivity contribution in [3.8, 4) is 0 Å². The van der Waals surface area contributed by atoms with E-state index in [0.29, 0.717) is 0 Å². The molecule has 0 aliphatic heterocycles. The maximum Gasteiger partial charge on any atom is 0.130 e. The Kier molecular flexibility index (Phi) is 5.25. The molecular formula is C8H10Cl2FNO. The zero-order valence-corrected chi connectivity index (χ0v) is 8.28. The lowest BCUT2D eigenvalue weighted by molar-refractivity contribution is 0.182. The second-order valence-electron chi connectivity index (χ2n) is 2.39. The molecule has 0 fully saturated rings. The number of halogens is 3. The highest BCUT2D eigenvalue weighted by atomic mass is 35.5. The standard InChI is InChI=1S/C8H9ClFNO.ClH/c9-5-2-1-3-6(10)8(5)7(12)4-11;/h1-3,7,12H,4,11H2;1H. The van der Waals surface area contributed by atoms with E-state index < -0.39 is 11.9 Å². The Morgan fingerprint density at radius 2 is 2.15 bits per heavy atom. The van der Waals surface area contributed by atoms with Crippen LogP contribution in [0, 0.1) is 5.82 Å². The summed E-state index contributed by atoms with van der Waals surface area (Å²) in [6, 6.07) is 4.23. The second kappa shape index (κ2) is 5.40. The van der Waals surface area contributed by atoms with Crippen LogP contribution in [0.3, 0.4) is 0 Å². The van der Waals surface area contributed by atoms with Crippen molar-refractivity contribution in [3.63, 3.8) is 0 Å². The minimum Gasteiger partial charge on any atom is -0.387 e. The molecule has 1 aromatic rings. The Morgan fingerprint density at radius 3 is 2.62 bits per heavy atom. The average molecular weight is 226 g/mol. The second-order valence-corrected chi connectivity index (χ2v) is 2.79. The molecule has 0 aliphatic carbocycles. The number of hydrogen-bond acceptors (Lipinski definition) is 2. The normalized spacial score (nSPS) is 12.0. The molecule has 0 radical (unpaired) electrons. The molecule has 1 aromatic carbocycles. The van der Waals surface area contributed by atoms with Crippen molar-refractivity contribution >= 4 is 24.0 Å². The molecule has 0 heterocycles. The molecule has 0 spiro atoms. The predicted octanol–water partition coefficient (Wildman–Crippen LogP) is 1.89. The summed E-state index contributed by atoms with van der Waals surface area (Å²) < 4.78 is 13.0. The first-order chi connectivity index (χ1) is 5.66. The van der Waals surface area contributed by atoms with Crippen LogP contribution < -0.4 is 5.73 Å². The molecular weight excluding hydrogens is 216 g/mol. The highest BCUT2D eigenvalue weighted by molar-refractivity contribution is 6.31. The van der Waals surface area contributed by atoms with Gasteiger partial charge in [-0.05, 0) is 12.1 Å². The van der Waals surface area contributed by atoms with Crippen molar-refractivity contribution in [1.29, 1.82) is 0 Å². The fourth-order valence-electron chi connectivity index (χ4n) is 0.947. The summed E-state index contributed by atoms with van der Waals surface area (Å²) in [5.74, 6) is -0.527. The Labute approximate surface area is 86.9 Å². The maximum absolute atomic E-state index is 13.0. The van der Waals surface area contributed by atoms with Gasteiger partial charge in [-0.15, -0.1) is 12.4 Å². The lowest BCUT2D eigenvalue weighted by Crippen LogP contribution is -2.13. The quantitative estimate of drug-likeness (QED) is 0.808. The van der Waals surface area contributed by atoms with Crippen LogP contribution in [0.2, 0.25) is 5.02 Å². The van der Waals surface area contributed by atoms with Crippen LogP contribution in [-0.4, -0.2) is 11.7 Å². The van der Waals surface area contributed by atoms with E-state index >= 15 is 0 Å². The average Bonchev–Trinajstić information content (AvgIpc) is 2.03. The van der Waals surface area contributed by atoms with E-state index in [9.17, 15) is 9.50 Å². The van der Waals surface area contributed by atoms with Gasteiger partial charge >= 0.3 is 0 Å². The predicted molar refractivity (Wildman–Crippen MR) is 52.7 cm³/mol. The zero-order valence-electron chi connectivity index (χ0n) is 6.71. The zero-order chi connectivity index (χ0) is 9.14. The van der Waals surface area contributed by atoms with Crippen LogP contribution in [0.1, 0.15) is 11.7 Å². The van der Waals surface area contributed by atoms with Crippen molar-refractivity contribution in [3.05, 3.63) is 34.6 Å². The van der Waals surface area contributed by atoms with Gasteiger partial charge in [-0.1, -0.05) is 17.7 Å². The molecule has 0 amide bonds. The number of nitrogens with two attached hydrogens (primary N) is 1. The summed E-state index contributed by atoms with van der Waals surface area (Å²) in [6.07, 6.45) is -1.03. The van der Waals surface area contributed by atoms with E-state index in [1.54, 1.807) is 0 Å². The van der Waals surface area contributed by atoms with Crippen LogP contribution in [0.15, 0.2) is 18.2 Å². The molecule has 0 saturated heterocycles. The molecule has 74 valence electrons. The van der Waals surface area contributed by atoms with Crippen LogP contribution in [0.5, 0.6) is 0 Å². The summed E-state index contributed by atoms with van der Waals surface area (Å²) in [7, 11) is 0. The van der Waals surface area contributed by atoms with Crippen LogP contribution in [0.25, 0.3) is 0 Å². The number of aliphatic hydroxyl groups excluding tert-OH is 1. The Morgan fingerprint density at radius 1 is 1.54 bits per heavy atom. The van der Waals surface area contributed by atoms with Gasteiger partial charge in [0.25, 0.3) is 0 Å². The van der Waals surface area contributed by atoms with Gasteiger partial charge in [-0.25, -0.2) is 4.39 Å². The van der Waals surface area contributed by atoms with Crippen molar-refractivity contribution in [2.24, 2.45) is 5.73 Å². The molecule has 0 saturated carbocycles. The lowest BCUT2D eigenvalue weighted by atomic mass is 10.1. The maximum atomic E-state index is 13.0. The fraction of sp³-hybridized carbons (Fsp3) is 0.250. The van der Waals surface area contributed by atoms with Gasteiger partial charge in [0.15, 0.2) is 0 Å². The minimum absolute atomic E-state index is 0. The first kappa shape index (κ1) is 12.7. The van der Waals surface area contributed by atoms with Crippen molar-refractivity contribution in [2.75, 3.05) is 6.54 Å². The third-order valence-corrected chi connectivity index (χ3v) is 1.89. The summed E-state index contributed by atoms with van der Waals surface area (Å²) in [5, 5.41) is 9.44. The van der Waals surface area contributed by atoms with Gasteiger partial charge in [0.05, 0.1) is 6.10 Å². The lowest BCUT2D eigenvalue weighted by Gasteiger charge is -2.10. The molecule has 13 heavy (non-hydrogen) atoms. The number of aliphatic hydroxyl groups is 1. The summed E-state index contributed by atoms with van der Waals surface area (Å²) in [4.78, 5) is 0. The van der Waals surface area contributed by atoms with E-state index in [4.69, 9.17) is 17.3 Å². The molecule has 5 heteroatoms. The van der Waals surface area contributed by atoms with E-state index in [1.165, 1.54) is 18.2 Å². The molecule has 2 nitrogen and oxygen atoms in total. The summed E-state index contributed by atoms with van der Waals surface area (Å²) in [5.41, 5.74) is 5.24. The third kappa shape index (κ3) is 2.81. The molecule has 3 N–H and O–H groups in total. The summed E-state index contributed by atoms with van der Waals surface area (Å²) >= 11 is 5.65. The van der Waals surface area contributed by atoms with Crippen LogP contribution in [-0.2, 0) is 0 Å². The number of hydrogen-bond donors (Lipinski definition) is 2. The largest absolute Gasteiger partial charge is 0.387 e. The van der Waals surface area contributed by atoms with Gasteiger partial charge in [0.2, 0.25) is 0 Å². The van der Waals surface area contributed by atoms with Crippen molar-refractivity contribution < 1.29 is 9.50 Å². The first-order valence-corrected chi connectivity index (χ1v) is 3.86. The number of benzene rings is 1. The van der Waals surface area contributed by atoms with Gasteiger partial charge < -0.3 is 10.8 Å². The molecule has 1 rings (SSSR count). The van der Waals surface area contributed by atoms with E-state index in [0.717, 1.165) is 0 Å². The molecule has 0 bridgehead atoms. The van der Waals surface area contributed by atoms with Gasteiger partial charge in [-0.3, -0.25) is 0 Å². The SMILES string of the molecule is Cl.NCC(O)c1c(F)cccc1Cl. The molecule has 0 aromatic heterocycles. The van der Waals surface area contributed by atoms with E-state index in [1.807, 2.05) is 0 Å². The van der Waals surface area contributed by atoms with Gasteiger partial charge in [-0.2, -0.15) is 0 Å². The molecule has 1 unspecified atom stereocenters. The van der Waals surface area contributed by atoms with Crippen LogP contribution in [0.4, 0.5) is 4.39 Å². The molecule has 1 atom stereocenters. The fourth-order valence-corrected chi connectivity index (χ4v) is 1.24.